The summed E-state index contributed by atoms with van der Waals surface area (Å²) in [5.74, 6) is 4.76. The highest BCUT2D eigenvalue weighted by atomic mass is 19.3. The molecule has 0 aliphatic heterocycles. The van der Waals surface area contributed by atoms with Gasteiger partial charge in [-0.25, -0.2) is 14.6 Å². The number of hydrogen-bond acceptors (Lipinski definition) is 3. The standard InChI is InChI=1S/C5H10F2N4/c6-4(7)3-10-2-1-5(8)11-9/h1-2,4,10H,3,9H2,(H2,8,11)/b2-1-. The van der Waals surface area contributed by atoms with Gasteiger partial charge in [0.25, 0.3) is 6.43 Å². The van der Waals surface area contributed by atoms with Crippen LogP contribution in [0.2, 0.25) is 0 Å². The van der Waals surface area contributed by atoms with E-state index in [1.54, 1.807) is 0 Å². The predicted molar refractivity (Wildman–Crippen MR) is 38.2 cm³/mol. The van der Waals surface area contributed by atoms with Gasteiger partial charge in [0.1, 0.15) is 5.84 Å². The summed E-state index contributed by atoms with van der Waals surface area (Å²) in [5.41, 5.74) is 2.02. The van der Waals surface area contributed by atoms with Crippen molar-refractivity contribution in [3.8, 4) is 0 Å². The smallest absolute Gasteiger partial charge is 0.255 e. The molecular formula is C5H10F2N4. The van der Waals surface area contributed by atoms with Crippen LogP contribution in [-0.2, 0) is 0 Å². The Kier molecular flexibility index (Phi) is 5.01. The Morgan fingerprint density at radius 2 is 2.27 bits per heavy atom. The van der Waals surface area contributed by atoms with Crippen LogP contribution in [0.5, 0.6) is 0 Å². The second-order valence-corrected chi connectivity index (χ2v) is 1.69. The predicted octanol–water partition coefficient (Wildman–Crippen LogP) is -0.205. The Labute approximate surface area is 62.9 Å². The van der Waals surface area contributed by atoms with Gasteiger partial charge < -0.3 is 10.7 Å². The molecule has 0 radical (unpaired) electrons. The van der Waals surface area contributed by atoms with Crippen LogP contribution in [0.15, 0.2) is 12.3 Å². The molecule has 0 bridgehead atoms. The van der Waals surface area contributed by atoms with Crippen LogP contribution in [-0.4, -0.2) is 18.8 Å². The number of nitrogens with two attached hydrogens (primary N) is 1. The van der Waals surface area contributed by atoms with E-state index in [1.165, 1.54) is 12.3 Å². The van der Waals surface area contributed by atoms with Gasteiger partial charge in [0.15, 0.2) is 0 Å². The van der Waals surface area contributed by atoms with Gasteiger partial charge in [0.2, 0.25) is 0 Å². The number of nitrogens with one attached hydrogen (secondary N) is 3. The third-order valence-corrected chi connectivity index (χ3v) is 0.796. The molecule has 0 aromatic heterocycles. The maximum atomic E-state index is 11.5. The van der Waals surface area contributed by atoms with Gasteiger partial charge in [-0.05, 0) is 6.08 Å². The topological polar surface area (TPSA) is 73.9 Å². The Bertz CT molecular complexity index is 145. The molecule has 0 atom stereocenters. The number of alkyl halides is 2. The van der Waals surface area contributed by atoms with Gasteiger partial charge in [-0.3, -0.25) is 5.41 Å². The fourth-order valence-corrected chi connectivity index (χ4v) is 0.347. The van der Waals surface area contributed by atoms with Gasteiger partial charge in [-0.15, -0.1) is 0 Å². The Morgan fingerprint density at radius 3 is 2.73 bits per heavy atom. The summed E-state index contributed by atoms with van der Waals surface area (Å²) in [6.45, 7) is -0.422. The molecule has 0 saturated heterocycles. The Hall–Kier alpha value is -1.17. The summed E-state index contributed by atoms with van der Waals surface area (Å²) in [6.07, 6.45) is 0.0798. The van der Waals surface area contributed by atoms with Crippen molar-refractivity contribution in [3.05, 3.63) is 12.3 Å². The quantitative estimate of drug-likeness (QED) is 0.201. The van der Waals surface area contributed by atoms with Crippen LogP contribution in [0.1, 0.15) is 0 Å². The number of halogens is 2. The third-order valence-electron chi connectivity index (χ3n) is 0.796. The normalized spacial score (nSPS) is 10.5. The largest absolute Gasteiger partial charge is 0.385 e. The van der Waals surface area contributed by atoms with Gasteiger partial charge in [-0.1, -0.05) is 0 Å². The molecule has 0 saturated carbocycles. The number of rotatable bonds is 4. The Balaban J connectivity index is 3.37. The van der Waals surface area contributed by atoms with E-state index in [0.29, 0.717) is 0 Å². The maximum Gasteiger partial charge on any atom is 0.255 e. The summed E-state index contributed by atoms with van der Waals surface area (Å²) in [7, 11) is 0. The highest BCUT2D eigenvalue weighted by Gasteiger charge is 1.96. The molecule has 0 amide bonds. The zero-order valence-corrected chi connectivity index (χ0v) is 5.77. The molecule has 5 N–H and O–H groups in total. The van der Waals surface area contributed by atoms with Crippen LogP contribution < -0.4 is 16.6 Å². The van der Waals surface area contributed by atoms with Crippen molar-refractivity contribution < 1.29 is 8.78 Å². The molecule has 0 unspecified atom stereocenters. The molecular weight excluding hydrogens is 154 g/mol. The monoisotopic (exact) mass is 164 g/mol. The molecule has 6 heteroatoms. The molecule has 0 aliphatic rings. The van der Waals surface area contributed by atoms with Crippen molar-refractivity contribution in [2.45, 2.75) is 6.43 Å². The first-order valence-electron chi connectivity index (χ1n) is 2.90. The van der Waals surface area contributed by atoms with Crippen molar-refractivity contribution in [2.75, 3.05) is 6.54 Å². The zero-order valence-electron chi connectivity index (χ0n) is 5.77. The molecule has 0 rings (SSSR count). The van der Waals surface area contributed by atoms with E-state index in [9.17, 15) is 8.78 Å². The molecule has 0 heterocycles. The molecule has 0 spiro atoms. The number of amidine groups is 1. The highest BCUT2D eigenvalue weighted by Crippen LogP contribution is 1.86. The average Bonchev–Trinajstić information content (AvgIpc) is 1.97. The summed E-state index contributed by atoms with van der Waals surface area (Å²) in [4.78, 5) is 0. The average molecular weight is 164 g/mol. The van der Waals surface area contributed by atoms with E-state index >= 15 is 0 Å². The molecule has 0 aromatic rings. The van der Waals surface area contributed by atoms with E-state index < -0.39 is 13.0 Å². The van der Waals surface area contributed by atoms with Gasteiger partial charge in [0.05, 0.1) is 6.54 Å². The minimum Gasteiger partial charge on any atom is -0.385 e. The fourth-order valence-electron chi connectivity index (χ4n) is 0.347. The highest BCUT2D eigenvalue weighted by molar-refractivity contribution is 5.89. The SMILES string of the molecule is N=C(/C=C\NCC(F)F)NN. The van der Waals surface area contributed by atoms with Crippen LogP contribution in [0.3, 0.4) is 0 Å². The van der Waals surface area contributed by atoms with Gasteiger partial charge in [0, 0.05) is 6.20 Å². The zero-order chi connectivity index (χ0) is 8.69. The molecule has 0 aromatic carbocycles. The maximum absolute atomic E-state index is 11.5. The van der Waals surface area contributed by atoms with E-state index in [1.807, 2.05) is 5.43 Å². The first-order valence-corrected chi connectivity index (χ1v) is 2.90. The van der Waals surface area contributed by atoms with Crippen molar-refractivity contribution in [2.24, 2.45) is 5.84 Å². The molecule has 64 valence electrons. The van der Waals surface area contributed by atoms with E-state index in [-0.39, 0.29) is 5.84 Å². The van der Waals surface area contributed by atoms with Gasteiger partial charge in [-0.2, -0.15) is 0 Å². The second kappa shape index (κ2) is 5.60. The fraction of sp³-hybridized carbons (Fsp3) is 0.400. The molecule has 11 heavy (non-hydrogen) atoms. The van der Waals surface area contributed by atoms with Crippen LogP contribution in [0.4, 0.5) is 8.78 Å². The lowest BCUT2D eigenvalue weighted by atomic mass is 10.5. The Morgan fingerprint density at radius 1 is 1.64 bits per heavy atom. The van der Waals surface area contributed by atoms with Crippen LogP contribution >= 0.6 is 0 Å². The van der Waals surface area contributed by atoms with Crippen molar-refractivity contribution in [3.63, 3.8) is 0 Å². The van der Waals surface area contributed by atoms with Crippen molar-refractivity contribution in [1.29, 1.82) is 5.41 Å². The van der Waals surface area contributed by atoms with Crippen molar-refractivity contribution in [1.82, 2.24) is 10.7 Å². The second-order valence-electron chi connectivity index (χ2n) is 1.69. The first-order chi connectivity index (χ1) is 5.16. The summed E-state index contributed by atoms with van der Waals surface area (Å²) >= 11 is 0. The van der Waals surface area contributed by atoms with Gasteiger partial charge >= 0.3 is 0 Å². The lowest BCUT2D eigenvalue weighted by molar-refractivity contribution is 0.150. The number of hydrogen-bond donors (Lipinski definition) is 4. The van der Waals surface area contributed by atoms with Crippen LogP contribution in [0.25, 0.3) is 0 Å². The molecule has 0 aliphatic carbocycles. The minimum atomic E-state index is -2.39. The van der Waals surface area contributed by atoms with E-state index in [4.69, 9.17) is 11.3 Å². The summed E-state index contributed by atoms with van der Waals surface area (Å²) < 4.78 is 22.9. The van der Waals surface area contributed by atoms with E-state index in [0.717, 1.165) is 0 Å². The van der Waals surface area contributed by atoms with E-state index in [2.05, 4.69) is 5.32 Å². The molecule has 0 fully saturated rings. The molecule has 4 nitrogen and oxygen atoms in total. The van der Waals surface area contributed by atoms with Crippen LogP contribution in [0, 0.1) is 5.41 Å². The third kappa shape index (κ3) is 6.72. The summed E-state index contributed by atoms with van der Waals surface area (Å²) in [5, 5.41) is 9.16. The summed E-state index contributed by atoms with van der Waals surface area (Å²) in [6, 6.07) is 0. The minimum absolute atomic E-state index is 0.0493. The lowest BCUT2D eigenvalue weighted by Gasteiger charge is -1.98. The first kappa shape index (κ1) is 9.83. The van der Waals surface area contributed by atoms with Crippen molar-refractivity contribution >= 4 is 5.84 Å². The number of hydrazine groups is 1. The lowest BCUT2D eigenvalue weighted by Crippen LogP contribution is -2.28.